The molecule has 74 valence electrons. The number of rotatable bonds is 7. The van der Waals surface area contributed by atoms with E-state index in [2.05, 4.69) is 6.92 Å². The van der Waals surface area contributed by atoms with Crippen LogP contribution in [0.1, 0.15) is 45.4 Å². The van der Waals surface area contributed by atoms with E-state index in [9.17, 15) is 8.42 Å². The van der Waals surface area contributed by atoms with Gasteiger partial charge in [0.25, 0.3) is 10.1 Å². The third-order valence-electron chi connectivity index (χ3n) is 1.76. The molecule has 4 heteroatoms. The predicted octanol–water partition coefficient (Wildman–Crippen LogP) is 2.23. The van der Waals surface area contributed by atoms with Crippen LogP contribution in [0, 0.1) is 0 Å². The van der Waals surface area contributed by atoms with Gasteiger partial charge in [0.05, 0.1) is 5.75 Å². The molecule has 0 amide bonds. The Kier molecular flexibility index (Phi) is 6.38. The topological polar surface area (TPSA) is 54.4 Å². The van der Waals surface area contributed by atoms with Gasteiger partial charge in [0.1, 0.15) is 0 Å². The van der Waals surface area contributed by atoms with Gasteiger partial charge in [-0.15, -0.1) is 0 Å². The molecule has 0 unspecified atom stereocenters. The van der Waals surface area contributed by atoms with Crippen LogP contribution in [0.25, 0.3) is 0 Å². The van der Waals surface area contributed by atoms with Crippen LogP contribution in [0.15, 0.2) is 0 Å². The van der Waals surface area contributed by atoms with E-state index < -0.39 is 10.1 Å². The average Bonchev–Trinajstić information content (AvgIpc) is 1.94. The Hall–Kier alpha value is -0.0900. The molecule has 0 aliphatic carbocycles. The van der Waals surface area contributed by atoms with E-state index in [0.717, 1.165) is 12.8 Å². The van der Waals surface area contributed by atoms with Crippen molar-refractivity contribution in [2.24, 2.45) is 0 Å². The monoisotopic (exact) mass is 194 g/mol. The molecule has 0 saturated heterocycles. The van der Waals surface area contributed by atoms with Gasteiger partial charge in [-0.1, -0.05) is 39.0 Å². The molecule has 0 rings (SSSR count). The summed E-state index contributed by atoms with van der Waals surface area (Å²) in [5.41, 5.74) is 0. The predicted molar refractivity (Wildman–Crippen MR) is 49.8 cm³/mol. The minimum Gasteiger partial charge on any atom is -0.286 e. The van der Waals surface area contributed by atoms with Crippen LogP contribution in [-0.2, 0) is 10.1 Å². The van der Waals surface area contributed by atoms with E-state index >= 15 is 0 Å². The molecule has 0 spiro atoms. The average molecular weight is 194 g/mol. The van der Waals surface area contributed by atoms with Crippen molar-refractivity contribution in [3.8, 4) is 0 Å². The van der Waals surface area contributed by atoms with Crippen molar-refractivity contribution >= 4 is 10.1 Å². The van der Waals surface area contributed by atoms with Crippen LogP contribution >= 0.6 is 0 Å². The molecule has 1 N–H and O–H groups in total. The molecule has 12 heavy (non-hydrogen) atoms. The van der Waals surface area contributed by atoms with Gasteiger partial charge in [-0.2, -0.15) is 8.42 Å². The fourth-order valence-corrected chi connectivity index (χ4v) is 1.63. The van der Waals surface area contributed by atoms with Crippen molar-refractivity contribution in [1.82, 2.24) is 0 Å². The molecule has 0 heterocycles. The Balaban J connectivity index is 3.12. The Morgan fingerprint density at radius 3 is 2.00 bits per heavy atom. The van der Waals surface area contributed by atoms with Crippen LogP contribution in [-0.4, -0.2) is 18.7 Å². The van der Waals surface area contributed by atoms with Gasteiger partial charge in [-0.3, -0.25) is 4.55 Å². The second kappa shape index (κ2) is 6.43. The lowest BCUT2D eigenvalue weighted by Gasteiger charge is -1.98. The Morgan fingerprint density at radius 1 is 1.00 bits per heavy atom. The highest BCUT2D eigenvalue weighted by atomic mass is 32.2. The fourth-order valence-electron chi connectivity index (χ4n) is 1.06. The van der Waals surface area contributed by atoms with Gasteiger partial charge < -0.3 is 0 Å². The number of hydrogen-bond acceptors (Lipinski definition) is 2. The van der Waals surface area contributed by atoms with Gasteiger partial charge in [0, 0.05) is 0 Å². The molecular formula is C8H18O3S. The van der Waals surface area contributed by atoms with Crippen LogP contribution in [0.2, 0.25) is 0 Å². The summed E-state index contributed by atoms with van der Waals surface area (Å²) in [6.45, 7) is 2.14. The molecule has 3 nitrogen and oxygen atoms in total. The molecule has 0 atom stereocenters. The second-order valence-electron chi connectivity index (χ2n) is 3.05. The zero-order valence-electron chi connectivity index (χ0n) is 7.62. The van der Waals surface area contributed by atoms with Gasteiger partial charge >= 0.3 is 0 Å². The minimum absolute atomic E-state index is 0.0842. The second-order valence-corrected chi connectivity index (χ2v) is 4.63. The highest BCUT2D eigenvalue weighted by molar-refractivity contribution is 7.85. The fraction of sp³-hybridized carbons (Fsp3) is 1.00. The van der Waals surface area contributed by atoms with Crippen LogP contribution in [0.4, 0.5) is 0 Å². The summed E-state index contributed by atoms with van der Waals surface area (Å²) in [5.74, 6) is -0.0842. The lowest BCUT2D eigenvalue weighted by molar-refractivity contribution is 0.478. The summed E-state index contributed by atoms with van der Waals surface area (Å²) in [6, 6.07) is 0. The number of unbranched alkanes of at least 4 members (excludes halogenated alkanes) is 5. The summed E-state index contributed by atoms with van der Waals surface area (Å²) < 4.78 is 28.9. The first kappa shape index (κ1) is 11.9. The highest BCUT2D eigenvalue weighted by Gasteiger charge is 2.02. The van der Waals surface area contributed by atoms with Crippen molar-refractivity contribution < 1.29 is 13.0 Å². The SMILES string of the molecule is CCCCCCCCS(=O)(=O)O. The molecule has 0 aromatic heterocycles. The van der Waals surface area contributed by atoms with Crippen molar-refractivity contribution in [1.29, 1.82) is 0 Å². The van der Waals surface area contributed by atoms with Gasteiger partial charge in [0.15, 0.2) is 0 Å². The number of hydrogen-bond donors (Lipinski definition) is 1. The van der Waals surface area contributed by atoms with E-state index in [1.165, 1.54) is 19.3 Å². The molecule has 0 aromatic carbocycles. The summed E-state index contributed by atoms with van der Waals surface area (Å²) in [6.07, 6.45) is 6.14. The molecule has 0 fully saturated rings. The zero-order chi connectivity index (χ0) is 9.45. The minimum atomic E-state index is -3.72. The largest absolute Gasteiger partial charge is 0.286 e. The summed E-state index contributed by atoms with van der Waals surface area (Å²) >= 11 is 0. The molecule has 0 bridgehead atoms. The van der Waals surface area contributed by atoms with Crippen LogP contribution in [0.3, 0.4) is 0 Å². The Bertz CT molecular complexity index is 184. The van der Waals surface area contributed by atoms with Crippen molar-refractivity contribution in [3.05, 3.63) is 0 Å². The molecular weight excluding hydrogens is 176 g/mol. The summed E-state index contributed by atoms with van der Waals surface area (Å²) in [7, 11) is -3.72. The zero-order valence-corrected chi connectivity index (χ0v) is 8.44. The van der Waals surface area contributed by atoms with Crippen LogP contribution < -0.4 is 0 Å². The molecule has 0 aliphatic rings. The van der Waals surface area contributed by atoms with Gasteiger partial charge in [-0.05, 0) is 6.42 Å². The normalized spacial score (nSPS) is 11.8. The molecule has 0 aliphatic heterocycles. The van der Waals surface area contributed by atoms with Crippen molar-refractivity contribution in [3.63, 3.8) is 0 Å². The quantitative estimate of drug-likeness (QED) is 0.499. The Labute approximate surface area is 74.9 Å². The maximum atomic E-state index is 10.3. The van der Waals surface area contributed by atoms with Crippen molar-refractivity contribution in [2.45, 2.75) is 45.4 Å². The maximum Gasteiger partial charge on any atom is 0.264 e. The molecule has 0 aromatic rings. The van der Waals surface area contributed by atoms with Crippen molar-refractivity contribution in [2.75, 3.05) is 5.75 Å². The van der Waals surface area contributed by atoms with E-state index in [1.54, 1.807) is 0 Å². The first-order valence-corrected chi connectivity index (χ1v) is 6.12. The van der Waals surface area contributed by atoms with Crippen LogP contribution in [0.5, 0.6) is 0 Å². The maximum absolute atomic E-state index is 10.3. The first-order chi connectivity index (χ1) is 5.56. The van der Waals surface area contributed by atoms with Gasteiger partial charge in [0.2, 0.25) is 0 Å². The van der Waals surface area contributed by atoms with E-state index in [4.69, 9.17) is 4.55 Å². The summed E-state index contributed by atoms with van der Waals surface area (Å²) in [4.78, 5) is 0. The standard InChI is InChI=1S/C8H18O3S/c1-2-3-4-5-6-7-8-12(9,10)11/h2-8H2,1H3,(H,9,10,11). The van der Waals surface area contributed by atoms with E-state index in [1.807, 2.05) is 0 Å². The van der Waals surface area contributed by atoms with E-state index in [-0.39, 0.29) is 5.75 Å². The molecule has 0 radical (unpaired) electrons. The van der Waals surface area contributed by atoms with Gasteiger partial charge in [-0.25, -0.2) is 0 Å². The van der Waals surface area contributed by atoms with E-state index in [0.29, 0.717) is 6.42 Å². The third-order valence-corrected chi connectivity index (χ3v) is 2.56. The lowest BCUT2D eigenvalue weighted by Crippen LogP contribution is -2.03. The molecule has 0 saturated carbocycles. The lowest BCUT2D eigenvalue weighted by atomic mass is 10.1. The highest BCUT2D eigenvalue weighted by Crippen LogP contribution is 2.05. The Morgan fingerprint density at radius 2 is 1.50 bits per heavy atom. The smallest absolute Gasteiger partial charge is 0.264 e. The third kappa shape index (κ3) is 9.91. The summed E-state index contributed by atoms with van der Waals surface area (Å²) in [5, 5.41) is 0. The first-order valence-electron chi connectivity index (χ1n) is 4.51.